The van der Waals surface area contributed by atoms with Crippen molar-refractivity contribution in [1.82, 2.24) is 10.2 Å². The molecule has 0 bridgehead atoms. The van der Waals surface area contributed by atoms with Crippen LogP contribution >= 0.6 is 0 Å². The zero-order chi connectivity index (χ0) is 15.8. The summed E-state index contributed by atoms with van der Waals surface area (Å²) in [6.07, 6.45) is 3.22. The first kappa shape index (κ1) is 16.3. The van der Waals surface area contributed by atoms with Crippen molar-refractivity contribution < 1.29 is 9.90 Å². The van der Waals surface area contributed by atoms with Gasteiger partial charge in [0.15, 0.2) is 0 Å². The first-order valence-corrected chi connectivity index (χ1v) is 7.84. The molecule has 1 aromatic rings. The summed E-state index contributed by atoms with van der Waals surface area (Å²) in [4.78, 5) is 14.4. The summed E-state index contributed by atoms with van der Waals surface area (Å²) in [7, 11) is 0. The number of piperidine rings is 1. The van der Waals surface area contributed by atoms with Crippen molar-refractivity contribution in [3.05, 3.63) is 29.8 Å². The molecule has 0 aromatic heterocycles. The van der Waals surface area contributed by atoms with Crippen molar-refractivity contribution in [1.29, 1.82) is 5.26 Å². The summed E-state index contributed by atoms with van der Waals surface area (Å²) in [5, 5.41) is 20.9. The number of benzene rings is 1. The Morgan fingerprint density at radius 1 is 1.41 bits per heavy atom. The summed E-state index contributed by atoms with van der Waals surface area (Å²) in [5.74, 6) is 0.403. The Kier molecular flexibility index (Phi) is 6.23. The van der Waals surface area contributed by atoms with E-state index in [0.717, 1.165) is 44.5 Å². The van der Waals surface area contributed by atoms with Crippen LogP contribution in [0.2, 0.25) is 0 Å². The molecular weight excluding hydrogens is 278 g/mol. The maximum atomic E-state index is 12.2. The van der Waals surface area contributed by atoms with Gasteiger partial charge in [0.25, 0.3) is 0 Å². The van der Waals surface area contributed by atoms with Crippen LogP contribution in [0.5, 0.6) is 5.75 Å². The predicted octanol–water partition coefficient (Wildman–Crippen LogP) is 1.68. The van der Waals surface area contributed by atoms with Gasteiger partial charge in [-0.25, -0.2) is 0 Å². The highest BCUT2D eigenvalue weighted by Crippen LogP contribution is 2.17. The highest BCUT2D eigenvalue weighted by Gasteiger charge is 2.25. The molecule has 1 unspecified atom stereocenters. The van der Waals surface area contributed by atoms with E-state index in [4.69, 9.17) is 5.26 Å². The molecule has 2 rings (SSSR count). The molecule has 1 amide bonds. The molecule has 1 aliphatic rings. The Labute approximate surface area is 131 Å². The maximum Gasteiger partial charge on any atom is 0.224 e. The SMILES string of the molecule is N#CCCN1CCCC(C(=O)NCCc2ccc(O)cc2)C1. The number of nitrogens with one attached hydrogen (secondary N) is 1. The predicted molar refractivity (Wildman–Crippen MR) is 84.2 cm³/mol. The molecule has 5 heteroatoms. The van der Waals surface area contributed by atoms with E-state index < -0.39 is 0 Å². The standard InChI is InChI=1S/C17H23N3O2/c18-9-2-12-20-11-1-3-15(13-20)17(22)19-10-8-14-4-6-16(21)7-5-14/h4-7,15,21H,1-3,8,10-13H2,(H,19,22). The summed E-state index contributed by atoms with van der Waals surface area (Å²) in [6, 6.07) is 9.21. The first-order chi connectivity index (χ1) is 10.7. The number of carbonyl (C=O) groups excluding carboxylic acids is 1. The fourth-order valence-electron chi connectivity index (χ4n) is 2.82. The van der Waals surface area contributed by atoms with Crippen molar-refractivity contribution >= 4 is 5.91 Å². The van der Waals surface area contributed by atoms with E-state index in [0.29, 0.717) is 13.0 Å². The van der Waals surface area contributed by atoms with Crippen LogP contribution in [0.1, 0.15) is 24.8 Å². The fourth-order valence-corrected chi connectivity index (χ4v) is 2.82. The molecule has 0 saturated carbocycles. The zero-order valence-corrected chi connectivity index (χ0v) is 12.8. The van der Waals surface area contributed by atoms with Gasteiger partial charge in [-0.15, -0.1) is 0 Å². The number of aromatic hydroxyl groups is 1. The van der Waals surface area contributed by atoms with Gasteiger partial charge in [-0.05, 0) is 43.5 Å². The number of hydrogen-bond acceptors (Lipinski definition) is 4. The fraction of sp³-hybridized carbons (Fsp3) is 0.529. The molecule has 1 atom stereocenters. The molecule has 0 spiro atoms. The van der Waals surface area contributed by atoms with Gasteiger partial charge in [-0.1, -0.05) is 12.1 Å². The van der Waals surface area contributed by atoms with Crippen LogP contribution in [0.25, 0.3) is 0 Å². The second kappa shape index (κ2) is 8.40. The molecule has 0 aliphatic carbocycles. The van der Waals surface area contributed by atoms with Gasteiger partial charge in [-0.2, -0.15) is 5.26 Å². The molecule has 0 radical (unpaired) electrons. The first-order valence-electron chi connectivity index (χ1n) is 7.84. The van der Waals surface area contributed by atoms with E-state index >= 15 is 0 Å². The van der Waals surface area contributed by atoms with Gasteiger partial charge in [0.2, 0.25) is 5.91 Å². The van der Waals surface area contributed by atoms with Gasteiger partial charge in [0, 0.05) is 26.1 Å². The Balaban J connectivity index is 1.72. The number of nitriles is 1. The van der Waals surface area contributed by atoms with E-state index in [2.05, 4.69) is 16.3 Å². The number of likely N-dealkylation sites (tertiary alicyclic amines) is 1. The van der Waals surface area contributed by atoms with E-state index in [1.54, 1.807) is 12.1 Å². The Hall–Kier alpha value is -2.06. The van der Waals surface area contributed by atoms with Crippen molar-refractivity contribution in [2.45, 2.75) is 25.7 Å². The van der Waals surface area contributed by atoms with Gasteiger partial charge in [0.05, 0.1) is 12.0 Å². The molecule has 22 heavy (non-hydrogen) atoms. The van der Waals surface area contributed by atoms with Crippen molar-refractivity contribution in [2.75, 3.05) is 26.2 Å². The minimum Gasteiger partial charge on any atom is -0.508 e. The zero-order valence-electron chi connectivity index (χ0n) is 12.8. The number of rotatable bonds is 6. The number of nitrogens with zero attached hydrogens (tertiary/aromatic N) is 2. The lowest BCUT2D eigenvalue weighted by atomic mass is 9.97. The van der Waals surface area contributed by atoms with E-state index in [9.17, 15) is 9.90 Å². The quantitative estimate of drug-likeness (QED) is 0.838. The third-order valence-corrected chi connectivity index (χ3v) is 4.07. The molecule has 118 valence electrons. The molecule has 1 aromatic carbocycles. The second-order valence-corrected chi connectivity index (χ2v) is 5.76. The van der Waals surface area contributed by atoms with E-state index in [1.807, 2.05) is 12.1 Å². The minimum absolute atomic E-state index is 0.0345. The molecule has 1 heterocycles. The van der Waals surface area contributed by atoms with Gasteiger partial charge >= 0.3 is 0 Å². The molecular formula is C17H23N3O2. The molecule has 1 fully saturated rings. The van der Waals surface area contributed by atoms with Crippen molar-refractivity contribution in [3.8, 4) is 11.8 Å². The summed E-state index contributed by atoms with van der Waals surface area (Å²) in [5.41, 5.74) is 1.09. The van der Waals surface area contributed by atoms with Crippen LogP contribution in [-0.4, -0.2) is 42.1 Å². The summed E-state index contributed by atoms with van der Waals surface area (Å²) in [6.45, 7) is 3.11. The Bertz CT molecular complexity index is 522. The second-order valence-electron chi connectivity index (χ2n) is 5.76. The van der Waals surface area contributed by atoms with Crippen LogP contribution in [0.15, 0.2) is 24.3 Å². The number of carbonyl (C=O) groups is 1. The molecule has 2 N–H and O–H groups in total. The Morgan fingerprint density at radius 3 is 2.91 bits per heavy atom. The summed E-state index contributed by atoms with van der Waals surface area (Å²) < 4.78 is 0. The third-order valence-electron chi connectivity index (χ3n) is 4.07. The Morgan fingerprint density at radius 2 is 2.18 bits per heavy atom. The maximum absolute atomic E-state index is 12.2. The van der Waals surface area contributed by atoms with E-state index in [-0.39, 0.29) is 17.6 Å². The molecule has 1 aliphatic heterocycles. The molecule has 1 saturated heterocycles. The smallest absolute Gasteiger partial charge is 0.224 e. The monoisotopic (exact) mass is 301 g/mol. The number of hydrogen-bond donors (Lipinski definition) is 2. The largest absolute Gasteiger partial charge is 0.508 e. The highest BCUT2D eigenvalue weighted by atomic mass is 16.3. The van der Waals surface area contributed by atoms with Gasteiger partial charge in [-0.3, -0.25) is 4.79 Å². The summed E-state index contributed by atoms with van der Waals surface area (Å²) >= 11 is 0. The van der Waals surface area contributed by atoms with Crippen LogP contribution in [0.3, 0.4) is 0 Å². The van der Waals surface area contributed by atoms with E-state index in [1.165, 1.54) is 0 Å². The van der Waals surface area contributed by atoms with Crippen LogP contribution < -0.4 is 5.32 Å². The normalized spacial score (nSPS) is 18.6. The third kappa shape index (κ3) is 5.05. The molecule has 5 nitrogen and oxygen atoms in total. The lowest BCUT2D eigenvalue weighted by Crippen LogP contribution is -2.43. The average molecular weight is 301 g/mol. The van der Waals surface area contributed by atoms with Crippen LogP contribution in [0.4, 0.5) is 0 Å². The van der Waals surface area contributed by atoms with Gasteiger partial charge in [0.1, 0.15) is 5.75 Å². The van der Waals surface area contributed by atoms with Crippen LogP contribution in [-0.2, 0) is 11.2 Å². The van der Waals surface area contributed by atoms with Gasteiger partial charge < -0.3 is 15.3 Å². The lowest BCUT2D eigenvalue weighted by Gasteiger charge is -2.31. The number of phenolic OH excluding ortho intramolecular Hbond substituents is 1. The van der Waals surface area contributed by atoms with Crippen molar-refractivity contribution in [2.24, 2.45) is 5.92 Å². The van der Waals surface area contributed by atoms with Crippen molar-refractivity contribution in [3.63, 3.8) is 0 Å². The number of amides is 1. The minimum atomic E-state index is 0.0345. The average Bonchev–Trinajstić information content (AvgIpc) is 2.55. The highest BCUT2D eigenvalue weighted by molar-refractivity contribution is 5.78. The lowest BCUT2D eigenvalue weighted by molar-refractivity contribution is -0.126. The topological polar surface area (TPSA) is 76.4 Å². The van der Waals surface area contributed by atoms with Crippen LogP contribution in [0, 0.1) is 17.2 Å². The number of phenols is 1.